The number of halogens is 2. The summed E-state index contributed by atoms with van der Waals surface area (Å²) in [7, 11) is 0. The molecule has 0 aliphatic rings. The van der Waals surface area contributed by atoms with Crippen LogP contribution in [0.5, 0.6) is 11.5 Å². The number of carbonyl (C=O) groups is 1. The van der Waals surface area contributed by atoms with Crippen LogP contribution in [-0.2, 0) is 13.0 Å². The van der Waals surface area contributed by atoms with E-state index < -0.39 is 0 Å². The molecule has 30 heavy (non-hydrogen) atoms. The van der Waals surface area contributed by atoms with Crippen LogP contribution in [0.25, 0.3) is 0 Å². The second-order valence-electron chi connectivity index (χ2n) is 6.49. The van der Waals surface area contributed by atoms with E-state index in [2.05, 4.69) is 26.2 Å². The van der Waals surface area contributed by atoms with Gasteiger partial charge < -0.3 is 14.8 Å². The molecule has 0 spiro atoms. The van der Waals surface area contributed by atoms with E-state index in [1.165, 1.54) is 6.07 Å². The van der Waals surface area contributed by atoms with Crippen LogP contribution in [0.3, 0.4) is 0 Å². The first-order valence-electron chi connectivity index (χ1n) is 9.57. The zero-order chi connectivity index (χ0) is 21.3. The SMILES string of the molecule is CCOc1cc(C(=O)NCCc2ccc(F)c(Br)c2)ccc1OCc1ccncc1. The maximum atomic E-state index is 13.3. The highest BCUT2D eigenvalue weighted by Crippen LogP contribution is 2.29. The molecule has 2 aromatic carbocycles. The third kappa shape index (κ3) is 6.03. The van der Waals surface area contributed by atoms with Gasteiger partial charge in [0.25, 0.3) is 5.91 Å². The summed E-state index contributed by atoms with van der Waals surface area (Å²) < 4.78 is 25.2. The molecule has 5 nitrogen and oxygen atoms in total. The summed E-state index contributed by atoms with van der Waals surface area (Å²) in [6.07, 6.45) is 4.01. The number of ether oxygens (including phenoxy) is 2. The second-order valence-corrected chi connectivity index (χ2v) is 7.35. The zero-order valence-corrected chi connectivity index (χ0v) is 18.1. The number of aromatic nitrogens is 1. The molecule has 0 saturated heterocycles. The van der Waals surface area contributed by atoms with E-state index in [4.69, 9.17) is 9.47 Å². The summed E-state index contributed by atoms with van der Waals surface area (Å²) in [4.78, 5) is 16.5. The van der Waals surface area contributed by atoms with Gasteiger partial charge in [0.15, 0.2) is 11.5 Å². The second kappa shape index (κ2) is 10.7. The maximum absolute atomic E-state index is 13.3. The number of carbonyl (C=O) groups excluding carboxylic acids is 1. The van der Waals surface area contributed by atoms with Crippen molar-refractivity contribution in [2.24, 2.45) is 0 Å². The molecule has 0 fully saturated rings. The molecule has 0 bridgehead atoms. The first-order valence-corrected chi connectivity index (χ1v) is 10.4. The van der Waals surface area contributed by atoms with E-state index >= 15 is 0 Å². The molecule has 1 amide bonds. The number of rotatable bonds is 9. The molecule has 0 unspecified atom stereocenters. The van der Waals surface area contributed by atoms with Crippen LogP contribution < -0.4 is 14.8 Å². The summed E-state index contributed by atoms with van der Waals surface area (Å²) in [6.45, 7) is 3.14. The van der Waals surface area contributed by atoms with Crippen LogP contribution in [-0.4, -0.2) is 24.0 Å². The third-order valence-corrected chi connectivity index (χ3v) is 4.94. The predicted molar refractivity (Wildman–Crippen MR) is 116 cm³/mol. The number of nitrogens with one attached hydrogen (secondary N) is 1. The van der Waals surface area contributed by atoms with Crippen molar-refractivity contribution in [2.75, 3.05) is 13.2 Å². The van der Waals surface area contributed by atoms with Crippen LogP contribution in [0.2, 0.25) is 0 Å². The third-order valence-electron chi connectivity index (χ3n) is 4.33. The molecule has 156 valence electrons. The maximum Gasteiger partial charge on any atom is 0.251 e. The molecular weight excluding hydrogens is 451 g/mol. The van der Waals surface area contributed by atoms with Gasteiger partial charge in [0, 0.05) is 24.5 Å². The number of hydrogen-bond acceptors (Lipinski definition) is 4. The minimum absolute atomic E-state index is 0.210. The molecule has 1 heterocycles. The van der Waals surface area contributed by atoms with Crippen molar-refractivity contribution in [1.82, 2.24) is 10.3 Å². The van der Waals surface area contributed by atoms with Gasteiger partial charge in [-0.15, -0.1) is 0 Å². The number of pyridine rings is 1. The van der Waals surface area contributed by atoms with E-state index in [1.54, 1.807) is 42.7 Å². The average molecular weight is 473 g/mol. The summed E-state index contributed by atoms with van der Waals surface area (Å²) >= 11 is 3.17. The molecule has 0 radical (unpaired) electrons. The summed E-state index contributed by atoms with van der Waals surface area (Å²) in [5.41, 5.74) is 2.40. The van der Waals surface area contributed by atoms with E-state index in [9.17, 15) is 9.18 Å². The monoisotopic (exact) mass is 472 g/mol. The lowest BCUT2D eigenvalue weighted by atomic mass is 10.1. The van der Waals surface area contributed by atoms with Crippen LogP contribution >= 0.6 is 15.9 Å². The molecule has 1 N–H and O–H groups in total. The summed E-state index contributed by atoms with van der Waals surface area (Å²) in [5, 5.41) is 2.88. The Kier molecular flexibility index (Phi) is 7.79. The van der Waals surface area contributed by atoms with Crippen LogP contribution in [0.15, 0.2) is 65.4 Å². The van der Waals surface area contributed by atoms with Gasteiger partial charge in [0.05, 0.1) is 11.1 Å². The average Bonchev–Trinajstić information content (AvgIpc) is 2.76. The van der Waals surface area contributed by atoms with E-state index in [-0.39, 0.29) is 11.7 Å². The Bertz CT molecular complexity index is 999. The lowest BCUT2D eigenvalue weighted by Crippen LogP contribution is -2.25. The van der Waals surface area contributed by atoms with Gasteiger partial charge in [0.2, 0.25) is 0 Å². The molecule has 7 heteroatoms. The van der Waals surface area contributed by atoms with Crippen LogP contribution in [0, 0.1) is 5.82 Å². The standard InChI is InChI=1S/C23H22BrFN2O3/c1-2-29-22-14-18(4-6-21(22)30-15-17-7-10-26-11-8-17)23(28)27-12-9-16-3-5-20(25)19(24)13-16/h3-8,10-11,13-14H,2,9,12,15H2,1H3,(H,27,28). The van der Waals surface area contributed by atoms with Crippen molar-refractivity contribution in [3.63, 3.8) is 0 Å². The molecule has 0 atom stereocenters. The number of hydrogen-bond donors (Lipinski definition) is 1. The number of amides is 1. The minimum Gasteiger partial charge on any atom is -0.490 e. The molecule has 0 aliphatic heterocycles. The van der Waals surface area contributed by atoms with Crippen molar-refractivity contribution in [2.45, 2.75) is 20.0 Å². The molecule has 1 aromatic heterocycles. The first kappa shape index (κ1) is 21.8. The fourth-order valence-electron chi connectivity index (χ4n) is 2.79. The minimum atomic E-state index is -0.308. The molecule has 0 saturated carbocycles. The Labute approximate surface area is 183 Å². The van der Waals surface area contributed by atoms with Crippen LogP contribution in [0.4, 0.5) is 4.39 Å². The number of benzene rings is 2. The van der Waals surface area contributed by atoms with E-state index in [0.717, 1.165) is 11.1 Å². The van der Waals surface area contributed by atoms with Gasteiger partial charge in [-0.2, -0.15) is 0 Å². The zero-order valence-electron chi connectivity index (χ0n) is 16.5. The fourth-order valence-corrected chi connectivity index (χ4v) is 3.22. The Morgan fingerprint density at radius 1 is 1.03 bits per heavy atom. The quantitative estimate of drug-likeness (QED) is 0.479. The summed E-state index contributed by atoms with van der Waals surface area (Å²) in [6, 6.07) is 13.7. The van der Waals surface area contributed by atoms with Gasteiger partial charge in [0.1, 0.15) is 12.4 Å². The highest BCUT2D eigenvalue weighted by atomic mass is 79.9. The lowest BCUT2D eigenvalue weighted by Gasteiger charge is -2.13. The Morgan fingerprint density at radius 2 is 1.83 bits per heavy atom. The van der Waals surface area contributed by atoms with Crippen molar-refractivity contribution in [1.29, 1.82) is 0 Å². The van der Waals surface area contributed by atoms with Crippen molar-refractivity contribution in [3.8, 4) is 11.5 Å². The first-order chi connectivity index (χ1) is 14.6. The predicted octanol–water partition coefficient (Wildman–Crippen LogP) is 4.93. The van der Waals surface area contributed by atoms with Crippen molar-refractivity contribution < 1.29 is 18.7 Å². The highest BCUT2D eigenvalue weighted by molar-refractivity contribution is 9.10. The van der Waals surface area contributed by atoms with Gasteiger partial charge >= 0.3 is 0 Å². The largest absolute Gasteiger partial charge is 0.490 e. The van der Waals surface area contributed by atoms with Gasteiger partial charge in [-0.25, -0.2) is 4.39 Å². The molecular formula is C23H22BrFN2O3. The lowest BCUT2D eigenvalue weighted by molar-refractivity contribution is 0.0953. The normalized spacial score (nSPS) is 10.5. The van der Waals surface area contributed by atoms with E-state index in [1.807, 2.05) is 19.1 Å². The Hall–Kier alpha value is -2.93. The van der Waals surface area contributed by atoms with Crippen LogP contribution in [0.1, 0.15) is 28.4 Å². The van der Waals surface area contributed by atoms with Crippen molar-refractivity contribution >= 4 is 21.8 Å². The topological polar surface area (TPSA) is 60.5 Å². The fraction of sp³-hybridized carbons (Fsp3) is 0.217. The van der Waals surface area contributed by atoms with Gasteiger partial charge in [-0.1, -0.05) is 6.07 Å². The number of nitrogens with zero attached hydrogens (tertiary/aromatic N) is 1. The van der Waals surface area contributed by atoms with Crippen molar-refractivity contribution in [3.05, 3.63) is 87.9 Å². The molecule has 3 aromatic rings. The molecule has 0 aliphatic carbocycles. The van der Waals surface area contributed by atoms with E-state index in [0.29, 0.717) is 47.7 Å². The van der Waals surface area contributed by atoms with Gasteiger partial charge in [-0.3, -0.25) is 9.78 Å². The molecule has 3 rings (SSSR count). The highest BCUT2D eigenvalue weighted by Gasteiger charge is 2.12. The van der Waals surface area contributed by atoms with Gasteiger partial charge in [-0.05, 0) is 82.9 Å². The Morgan fingerprint density at radius 3 is 2.57 bits per heavy atom. The Balaban J connectivity index is 1.60. The smallest absolute Gasteiger partial charge is 0.251 e. The summed E-state index contributed by atoms with van der Waals surface area (Å²) in [5.74, 6) is 0.568.